The van der Waals surface area contributed by atoms with Gasteiger partial charge in [0.1, 0.15) is 0 Å². The molecule has 0 bridgehead atoms. The molecule has 2 aromatic rings. The quantitative estimate of drug-likeness (QED) is 0.562. The van der Waals surface area contributed by atoms with E-state index in [1.165, 1.54) is 10.6 Å². The van der Waals surface area contributed by atoms with Crippen LogP contribution in [0.15, 0.2) is 41.5 Å². The number of nitrogens with one attached hydrogen (secondary N) is 2. The Labute approximate surface area is 155 Å². The van der Waals surface area contributed by atoms with Gasteiger partial charge in [-0.15, -0.1) is 11.3 Å². The molecule has 0 saturated carbocycles. The number of benzene rings is 1. The highest BCUT2D eigenvalue weighted by Crippen LogP contribution is 2.14. The fourth-order valence-corrected chi connectivity index (χ4v) is 3.20. The van der Waals surface area contributed by atoms with Gasteiger partial charge in [-0.05, 0) is 32.9 Å². The van der Waals surface area contributed by atoms with Gasteiger partial charge in [-0.1, -0.05) is 18.2 Å². The van der Waals surface area contributed by atoms with Gasteiger partial charge in [0.2, 0.25) is 0 Å². The Balaban J connectivity index is 1.85. The maximum absolute atomic E-state index is 4.73. The van der Waals surface area contributed by atoms with Gasteiger partial charge in [-0.2, -0.15) is 0 Å². The number of guanidine groups is 1. The van der Waals surface area contributed by atoms with Gasteiger partial charge in [0.15, 0.2) is 5.96 Å². The highest BCUT2D eigenvalue weighted by atomic mass is 32.1. The summed E-state index contributed by atoms with van der Waals surface area (Å²) in [5.41, 5.74) is 1.21. The SMILES string of the molecule is CCNC(=NCC(C)N(C)c1ccccc1)NCCc1ncc(C)s1. The standard InChI is InChI=1S/C19H29N5S/c1-5-20-19(21-12-11-18-22-14-16(3)25-18)23-13-15(2)24(4)17-9-7-6-8-10-17/h6-10,14-15H,5,11-13H2,1-4H3,(H2,20,21,23). The van der Waals surface area contributed by atoms with E-state index in [1.807, 2.05) is 12.3 Å². The van der Waals surface area contributed by atoms with E-state index in [4.69, 9.17) is 4.99 Å². The lowest BCUT2D eigenvalue weighted by molar-refractivity contribution is 0.686. The largest absolute Gasteiger partial charge is 0.370 e. The van der Waals surface area contributed by atoms with Crippen molar-refractivity contribution in [3.05, 3.63) is 46.4 Å². The molecule has 0 radical (unpaired) electrons. The molecule has 6 heteroatoms. The number of para-hydroxylation sites is 1. The third kappa shape index (κ3) is 6.38. The minimum absolute atomic E-state index is 0.319. The van der Waals surface area contributed by atoms with Crippen molar-refractivity contribution >= 4 is 23.0 Å². The predicted octanol–water partition coefficient (Wildman–Crippen LogP) is 3.07. The van der Waals surface area contributed by atoms with Crippen molar-refractivity contribution in [1.29, 1.82) is 0 Å². The fourth-order valence-electron chi connectivity index (χ4n) is 2.41. The van der Waals surface area contributed by atoms with Crippen LogP contribution < -0.4 is 15.5 Å². The number of likely N-dealkylation sites (N-methyl/N-ethyl adjacent to an activating group) is 1. The molecule has 0 aliphatic heterocycles. The summed E-state index contributed by atoms with van der Waals surface area (Å²) in [6.07, 6.45) is 2.85. The molecule has 0 saturated heterocycles. The number of aryl methyl sites for hydroxylation is 1. The number of thiazole rings is 1. The Hall–Kier alpha value is -2.08. The van der Waals surface area contributed by atoms with E-state index in [0.29, 0.717) is 6.04 Å². The Kier molecular flexibility index (Phi) is 7.73. The molecule has 1 heterocycles. The first-order chi connectivity index (χ1) is 12.1. The molecule has 0 aliphatic rings. The van der Waals surface area contributed by atoms with Gasteiger partial charge < -0.3 is 15.5 Å². The van der Waals surface area contributed by atoms with Crippen LogP contribution in [0.4, 0.5) is 5.69 Å². The smallest absolute Gasteiger partial charge is 0.191 e. The van der Waals surface area contributed by atoms with Gasteiger partial charge in [-0.25, -0.2) is 4.98 Å². The molecule has 1 aromatic heterocycles. The zero-order chi connectivity index (χ0) is 18.1. The van der Waals surface area contributed by atoms with Crippen molar-refractivity contribution in [2.75, 3.05) is 31.6 Å². The van der Waals surface area contributed by atoms with Crippen LogP contribution >= 0.6 is 11.3 Å². The van der Waals surface area contributed by atoms with E-state index in [0.717, 1.165) is 37.0 Å². The lowest BCUT2D eigenvalue weighted by Crippen LogP contribution is -2.40. The number of nitrogens with zero attached hydrogens (tertiary/aromatic N) is 3. The van der Waals surface area contributed by atoms with Gasteiger partial charge in [0.05, 0.1) is 11.6 Å². The third-order valence-corrected chi connectivity index (χ3v) is 4.96. The lowest BCUT2D eigenvalue weighted by Gasteiger charge is -2.26. The van der Waals surface area contributed by atoms with Crippen LogP contribution in [-0.2, 0) is 6.42 Å². The Bertz CT molecular complexity index is 653. The molecule has 2 rings (SSSR count). The van der Waals surface area contributed by atoms with Crippen LogP contribution in [0.3, 0.4) is 0 Å². The van der Waals surface area contributed by atoms with Crippen molar-refractivity contribution in [3.63, 3.8) is 0 Å². The zero-order valence-corrected chi connectivity index (χ0v) is 16.4. The van der Waals surface area contributed by atoms with Gasteiger partial charge >= 0.3 is 0 Å². The second-order valence-corrected chi connectivity index (χ2v) is 7.38. The van der Waals surface area contributed by atoms with E-state index < -0.39 is 0 Å². The minimum Gasteiger partial charge on any atom is -0.370 e. The molecule has 0 fully saturated rings. The summed E-state index contributed by atoms with van der Waals surface area (Å²) >= 11 is 1.75. The van der Waals surface area contributed by atoms with Crippen molar-refractivity contribution in [2.45, 2.75) is 33.2 Å². The maximum atomic E-state index is 4.73. The summed E-state index contributed by atoms with van der Waals surface area (Å²) < 4.78 is 0. The van der Waals surface area contributed by atoms with Crippen molar-refractivity contribution in [3.8, 4) is 0 Å². The number of hydrogen-bond acceptors (Lipinski definition) is 4. The first-order valence-corrected chi connectivity index (χ1v) is 9.63. The van der Waals surface area contributed by atoms with Gasteiger partial charge in [0, 0.05) is 49.4 Å². The monoisotopic (exact) mass is 359 g/mol. The summed E-state index contributed by atoms with van der Waals surface area (Å²) in [4.78, 5) is 12.6. The molecule has 1 unspecified atom stereocenters. The summed E-state index contributed by atoms with van der Waals surface area (Å²) in [6, 6.07) is 10.7. The van der Waals surface area contributed by atoms with E-state index in [9.17, 15) is 0 Å². The van der Waals surface area contributed by atoms with Crippen molar-refractivity contribution in [2.24, 2.45) is 4.99 Å². The molecule has 1 aromatic carbocycles. The number of anilines is 1. The summed E-state index contributed by atoms with van der Waals surface area (Å²) in [6.45, 7) is 8.79. The Morgan fingerprint density at radius 3 is 2.68 bits per heavy atom. The highest BCUT2D eigenvalue weighted by molar-refractivity contribution is 7.11. The second kappa shape index (κ2) is 10.0. The first-order valence-electron chi connectivity index (χ1n) is 8.81. The Morgan fingerprint density at radius 1 is 1.28 bits per heavy atom. The zero-order valence-electron chi connectivity index (χ0n) is 15.6. The van der Waals surface area contributed by atoms with E-state index >= 15 is 0 Å². The van der Waals surface area contributed by atoms with Crippen LogP contribution in [0.2, 0.25) is 0 Å². The third-order valence-electron chi connectivity index (χ3n) is 3.98. The fraction of sp³-hybridized carbons (Fsp3) is 0.474. The number of rotatable bonds is 8. The Morgan fingerprint density at radius 2 is 2.04 bits per heavy atom. The van der Waals surface area contributed by atoms with E-state index in [1.54, 1.807) is 11.3 Å². The predicted molar refractivity (Wildman–Crippen MR) is 109 cm³/mol. The van der Waals surface area contributed by atoms with Crippen LogP contribution in [0.1, 0.15) is 23.7 Å². The van der Waals surface area contributed by atoms with Gasteiger partial charge in [0.25, 0.3) is 0 Å². The van der Waals surface area contributed by atoms with Crippen molar-refractivity contribution < 1.29 is 0 Å². The van der Waals surface area contributed by atoms with Crippen molar-refractivity contribution in [1.82, 2.24) is 15.6 Å². The number of aliphatic imine (C=N–C) groups is 1. The van der Waals surface area contributed by atoms with Gasteiger partial charge in [-0.3, -0.25) is 4.99 Å². The summed E-state index contributed by atoms with van der Waals surface area (Å²) in [7, 11) is 2.11. The van der Waals surface area contributed by atoms with E-state index in [-0.39, 0.29) is 0 Å². The maximum Gasteiger partial charge on any atom is 0.191 e. The van der Waals surface area contributed by atoms with Crippen LogP contribution in [0.5, 0.6) is 0 Å². The molecule has 0 aliphatic carbocycles. The molecule has 0 amide bonds. The molecule has 136 valence electrons. The molecule has 5 nitrogen and oxygen atoms in total. The molecular weight excluding hydrogens is 330 g/mol. The van der Waals surface area contributed by atoms with Crippen LogP contribution in [-0.4, -0.2) is 43.7 Å². The highest BCUT2D eigenvalue weighted by Gasteiger charge is 2.09. The minimum atomic E-state index is 0.319. The number of hydrogen-bond donors (Lipinski definition) is 2. The normalized spacial score (nSPS) is 12.7. The molecular formula is C19H29N5S. The summed E-state index contributed by atoms with van der Waals surface area (Å²) in [5.74, 6) is 0.865. The second-order valence-electron chi connectivity index (χ2n) is 6.06. The van der Waals surface area contributed by atoms with E-state index in [2.05, 4.69) is 72.6 Å². The topological polar surface area (TPSA) is 52.6 Å². The lowest BCUT2D eigenvalue weighted by atomic mass is 10.2. The van der Waals surface area contributed by atoms with Crippen LogP contribution in [0, 0.1) is 6.92 Å². The summed E-state index contributed by atoms with van der Waals surface area (Å²) in [5, 5.41) is 7.88. The van der Waals surface area contributed by atoms with Crippen LogP contribution in [0.25, 0.3) is 0 Å². The molecule has 25 heavy (non-hydrogen) atoms. The molecule has 2 N–H and O–H groups in total. The average Bonchev–Trinajstić information content (AvgIpc) is 3.04. The molecule has 1 atom stereocenters. The first kappa shape index (κ1) is 19.2. The number of aromatic nitrogens is 1. The molecule has 0 spiro atoms. The average molecular weight is 360 g/mol.